The number of hydrogen-bond donors (Lipinski definition) is 0. The van der Waals surface area contributed by atoms with Gasteiger partial charge in [0.05, 0.1) is 0 Å². The maximum atomic E-state index is 2.26. The van der Waals surface area contributed by atoms with Gasteiger partial charge < -0.3 is 4.90 Å². The van der Waals surface area contributed by atoms with Gasteiger partial charge in [-0.1, -0.05) is 37.3 Å². The summed E-state index contributed by atoms with van der Waals surface area (Å²) in [5.74, 6) is 0. The summed E-state index contributed by atoms with van der Waals surface area (Å²) in [6.45, 7) is 2.22. The van der Waals surface area contributed by atoms with Crippen LogP contribution in [0.25, 0.3) is 0 Å². The molecular weight excluding hydrogens is 273 g/mol. The first-order valence-electron chi connectivity index (χ1n) is 4.47. The van der Waals surface area contributed by atoms with Gasteiger partial charge in [-0.15, -0.1) is 24.0 Å². The van der Waals surface area contributed by atoms with Crippen molar-refractivity contribution in [3.63, 3.8) is 0 Å². The lowest BCUT2D eigenvalue weighted by atomic mass is 10.0. The average Bonchev–Trinajstić information content (AvgIpc) is 2.07. The summed E-state index contributed by atoms with van der Waals surface area (Å²) in [6, 6.07) is 11.2. The van der Waals surface area contributed by atoms with E-state index in [0.717, 1.165) is 6.42 Å². The molecule has 0 spiro atoms. The Morgan fingerprint density at radius 3 is 2.08 bits per heavy atom. The zero-order chi connectivity index (χ0) is 8.97. The van der Waals surface area contributed by atoms with Crippen LogP contribution >= 0.6 is 24.0 Å². The van der Waals surface area contributed by atoms with Gasteiger partial charge in [0.2, 0.25) is 0 Å². The van der Waals surface area contributed by atoms with Crippen LogP contribution in [0.15, 0.2) is 30.3 Å². The fourth-order valence-electron chi connectivity index (χ4n) is 1.57. The van der Waals surface area contributed by atoms with Gasteiger partial charge in [0.15, 0.2) is 0 Å². The van der Waals surface area contributed by atoms with Crippen molar-refractivity contribution in [3.05, 3.63) is 35.9 Å². The number of nitrogens with zero attached hydrogens (tertiary/aromatic N) is 1. The summed E-state index contributed by atoms with van der Waals surface area (Å²) in [7, 11) is 4.25. The van der Waals surface area contributed by atoms with Crippen LogP contribution < -0.4 is 0 Å². The van der Waals surface area contributed by atoms with Crippen LogP contribution in [0.5, 0.6) is 0 Å². The summed E-state index contributed by atoms with van der Waals surface area (Å²) in [5, 5.41) is 0. The van der Waals surface area contributed by atoms with Crippen LogP contribution in [0.3, 0.4) is 0 Å². The van der Waals surface area contributed by atoms with Gasteiger partial charge in [-0.2, -0.15) is 0 Å². The van der Waals surface area contributed by atoms with Crippen molar-refractivity contribution >= 4 is 24.0 Å². The monoisotopic (exact) mass is 291 g/mol. The first kappa shape index (κ1) is 12.9. The minimum atomic E-state index is 0. The second-order valence-corrected chi connectivity index (χ2v) is 3.30. The van der Waals surface area contributed by atoms with Crippen LogP contribution in [0.1, 0.15) is 24.9 Å². The first-order valence-corrected chi connectivity index (χ1v) is 4.47. The molecule has 1 rings (SSSR count). The molecule has 0 bridgehead atoms. The highest BCUT2D eigenvalue weighted by Crippen LogP contribution is 2.20. The normalized spacial score (nSPS) is 12.3. The van der Waals surface area contributed by atoms with Gasteiger partial charge >= 0.3 is 0 Å². The van der Waals surface area contributed by atoms with Crippen molar-refractivity contribution in [2.24, 2.45) is 0 Å². The van der Waals surface area contributed by atoms with Crippen molar-refractivity contribution < 1.29 is 0 Å². The van der Waals surface area contributed by atoms with Gasteiger partial charge in [-0.05, 0) is 26.1 Å². The highest BCUT2D eigenvalue weighted by atomic mass is 127. The Morgan fingerprint density at radius 1 is 1.15 bits per heavy atom. The molecule has 0 heterocycles. The third-order valence-corrected chi connectivity index (χ3v) is 2.19. The molecule has 1 aromatic rings. The minimum absolute atomic E-state index is 0. The molecule has 2 heteroatoms. The molecule has 0 aliphatic rings. The van der Waals surface area contributed by atoms with Crippen molar-refractivity contribution in [2.75, 3.05) is 14.1 Å². The Kier molecular flexibility index (Phi) is 6.33. The molecule has 1 unspecified atom stereocenters. The van der Waals surface area contributed by atoms with Crippen LogP contribution in [0.4, 0.5) is 0 Å². The van der Waals surface area contributed by atoms with Gasteiger partial charge in [-0.25, -0.2) is 0 Å². The van der Waals surface area contributed by atoms with Crippen molar-refractivity contribution in [3.8, 4) is 0 Å². The van der Waals surface area contributed by atoms with E-state index in [1.807, 2.05) is 0 Å². The lowest BCUT2D eigenvalue weighted by molar-refractivity contribution is 0.292. The third-order valence-electron chi connectivity index (χ3n) is 2.19. The Labute approximate surface area is 98.2 Å². The first-order chi connectivity index (χ1) is 5.75. The van der Waals surface area contributed by atoms with E-state index < -0.39 is 0 Å². The molecule has 0 amide bonds. The van der Waals surface area contributed by atoms with E-state index in [-0.39, 0.29) is 24.0 Å². The zero-order valence-corrected chi connectivity index (χ0v) is 10.9. The molecular formula is C11H18IN. The fraction of sp³-hybridized carbons (Fsp3) is 0.455. The standard InChI is InChI=1S/C11H17N.HI/c1-4-11(12(2)3)10-8-6-5-7-9-10;/h5-9,11H,4H2,1-3H3;1H. The molecule has 1 aromatic carbocycles. The third kappa shape index (κ3) is 3.65. The fourth-order valence-corrected chi connectivity index (χ4v) is 1.57. The molecule has 1 nitrogen and oxygen atoms in total. The van der Waals surface area contributed by atoms with Crippen molar-refractivity contribution in [2.45, 2.75) is 19.4 Å². The number of rotatable bonds is 3. The van der Waals surface area contributed by atoms with Gasteiger partial charge in [-0.3, -0.25) is 0 Å². The summed E-state index contributed by atoms with van der Waals surface area (Å²) in [4.78, 5) is 2.26. The summed E-state index contributed by atoms with van der Waals surface area (Å²) in [6.07, 6.45) is 1.16. The van der Waals surface area contributed by atoms with E-state index in [0.29, 0.717) is 6.04 Å². The van der Waals surface area contributed by atoms with E-state index in [1.165, 1.54) is 5.56 Å². The van der Waals surface area contributed by atoms with Crippen molar-refractivity contribution in [1.29, 1.82) is 0 Å². The number of hydrogen-bond acceptors (Lipinski definition) is 1. The van der Waals surface area contributed by atoms with Crippen LogP contribution in [0.2, 0.25) is 0 Å². The molecule has 0 N–H and O–H groups in total. The number of benzene rings is 1. The SMILES string of the molecule is CCC(c1ccccc1)N(C)C.I. The predicted molar refractivity (Wildman–Crippen MR) is 68.6 cm³/mol. The quantitative estimate of drug-likeness (QED) is 0.772. The maximum absolute atomic E-state index is 2.26. The Balaban J connectivity index is 0.00000144. The van der Waals surface area contributed by atoms with Crippen molar-refractivity contribution in [1.82, 2.24) is 4.90 Å². The van der Waals surface area contributed by atoms with Gasteiger partial charge in [0.25, 0.3) is 0 Å². The minimum Gasteiger partial charge on any atom is -0.302 e. The second-order valence-electron chi connectivity index (χ2n) is 3.30. The van der Waals surface area contributed by atoms with Gasteiger partial charge in [0.1, 0.15) is 0 Å². The average molecular weight is 291 g/mol. The van der Waals surface area contributed by atoms with E-state index in [9.17, 15) is 0 Å². The predicted octanol–water partition coefficient (Wildman–Crippen LogP) is 3.32. The Bertz CT molecular complexity index is 221. The Morgan fingerprint density at radius 2 is 1.69 bits per heavy atom. The van der Waals surface area contributed by atoms with Crippen LogP contribution in [-0.2, 0) is 0 Å². The van der Waals surface area contributed by atoms with E-state index in [4.69, 9.17) is 0 Å². The molecule has 1 atom stereocenters. The second kappa shape index (κ2) is 6.38. The van der Waals surface area contributed by atoms with Gasteiger partial charge in [0, 0.05) is 6.04 Å². The summed E-state index contributed by atoms with van der Waals surface area (Å²) in [5.41, 5.74) is 1.41. The highest BCUT2D eigenvalue weighted by molar-refractivity contribution is 14.0. The molecule has 74 valence electrons. The molecule has 0 radical (unpaired) electrons. The summed E-state index contributed by atoms with van der Waals surface area (Å²) >= 11 is 0. The molecule has 0 fully saturated rings. The lowest BCUT2D eigenvalue weighted by Crippen LogP contribution is -2.18. The molecule has 0 aromatic heterocycles. The molecule has 0 aliphatic carbocycles. The molecule has 0 aliphatic heterocycles. The van der Waals surface area contributed by atoms with E-state index in [2.05, 4.69) is 56.3 Å². The number of halogens is 1. The molecule has 0 saturated carbocycles. The summed E-state index contributed by atoms with van der Waals surface area (Å²) < 4.78 is 0. The zero-order valence-electron chi connectivity index (χ0n) is 8.53. The van der Waals surface area contributed by atoms with E-state index >= 15 is 0 Å². The maximum Gasteiger partial charge on any atom is 0.0339 e. The Hall–Kier alpha value is -0.0900. The molecule has 0 saturated heterocycles. The highest BCUT2D eigenvalue weighted by Gasteiger charge is 2.09. The van der Waals surface area contributed by atoms with Crippen LogP contribution in [0, 0.1) is 0 Å². The van der Waals surface area contributed by atoms with Crippen LogP contribution in [-0.4, -0.2) is 19.0 Å². The largest absolute Gasteiger partial charge is 0.302 e. The smallest absolute Gasteiger partial charge is 0.0339 e. The lowest BCUT2D eigenvalue weighted by Gasteiger charge is -2.22. The molecule has 13 heavy (non-hydrogen) atoms. The topological polar surface area (TPSA) is 3.24 Å². The van der Waals surface area contributed by atoms with E-state index in [1.54, 1.807) is 0 Å².